The third kappa shape index (κ3) is 11.1. The van der Waals surface area contributed by atoms with E-state index in [1.165, 1.54) is 0 Å². The summed E-state index contributed by atoms with van der Waals surface area (Å²) in [7, 11) is 2.04. The number of epoxide rings is 1. The summed E-state index contributed by atoms with van der Waals surface area (Å²) in [6.45, 7) is 15.0. The van der Waals surface area contributed by atoms with Crippen LogP contribution in [-0.2, 0) is 19.0 Å². The van der Waals surface area contributed by atoms with Crippen molar-refractivity contribution in [2.24, 2.45) is 17.8 Å². The molecule has 0 saturated carbocycles. The number of carbonyl (C=O) groups is 2. The lowest BCUT2D eigenvalue weighted by Gasteiger charge is -2.36. The number of hydrogen-bond acceptors (Lipinski definition) is 8. The number of amides is 1. The molecule has 9 nitrogen and oxygen atoms in total. The number of rotatable bonds is 9. The summed E-state index contributed by atoms with van der Waals surface area (Å²) in [6, 6.07) is 0. The van der Waals surface area contributed by atoms with Crippen LogP contribution >= 0.6 is 22.6 Å². The van der Waals surface area contributed by atoms with Crippen LogP contribution in [0.4, 0.5) is 4.79 Å². The fraction of sp³-hybridized carbons (Fsp3) is 0.765. The van der Waals surface area contributed by atoms with Crippen LogP contribution in [0.3, 0.4) is 0 Å². The van der Waals surface area contributed by atoms with E-state index in [0.717, 1.165) is 31.5 Å². The van der Waals surface area contributed by atoms with Crippen molar-refractivity contribution in [3.8, 4) is 0 Å². The lowest BCUT2D eigenvalue weighted by atomic mass is 9.91. The van der Waals surface area contributed by atoms with E-state index in [9.17, 15) is 19.8 Å². The molecule has 1 amide bonds. The molecule has 0 bridgehead atoms. The Labute approximate surface area is 278 Å². The van der Waals surface area contributed by atoms with Gasteiger partial charge in [0.1, 0.15) is 12.2 Å². The summed E-state index contributed by atoms with van der Waals surface area (Å²) < 4.78 is 17.4. The number of alkyl halides is 1. The lowest BCUT2D eigenvalue weighted by Crippen LogP contribution is -2.49. The molecule has 44 heavy (non-hydrogen) atoms. The van der Waals surface area contributed by atoms with Crippen molar-refractivity contribution in [3.05, 3.63) is 36.0 Å². The Morgan fingerprint density at radius 3 is 2.59 bits per heavy atom. The van der Waals surface area contributed by atoms with Crippen LogP contribution in [0.2, 0.25) is 0 Å². The Morgan fingerprint density at radius 1 is 1.25 bits per heavy atom. The van der Waals surface area contributed by atoms with Crippen LogP contribution < -0.4 is 0 Å². The molecule has 0 spiro atoms. The number of cyclic esters (lactones) is 1. The molecule has 0 aliphatic carbocycles. The van der Waals surface area contributed by atoms with E-state index < -0.39 is 27.7 Å². The highest BCUT2D eigenvalue weighted by Gasteiger charge is 2.45. The van der Waals surface area contributed by atoms with Crippen molar-refractivity contribution in [1.29, 1.82) is 0 Å². The number of aliphatic hydroxyl groups is 2. The number of piperazine rings is 1. The molecule has 3 aliphatic heterocycles. The number of halogens is 1. The molecule has 3 aliphatic rings. The predicted molar refractivity (Wildman–Crippen MR) is 181 cm³/mol. The van der Waals surface area contributed by atoms with Gasteiger partial charge >= 0.3 is 12.1 Å². The Morgan fingerprint density at radius 2 is 1.93 bits per heavy atom. The van der Waals surface area contributed by atoms with Crippen molar-refractivity contribution < 1.29 is 34.0 Å². The van der Waals surface area contributed by atoms with Gasteiger partial charge in [-0.05, 0) is 64.1 Å². The zero-order valence-corrected chi connectivity index (χ0v) is 29.8. The second-order valence-electron chi connectivity index (χ2n) is 13.4. The number of carbonyl (C=O) groups excluding carboxylic acids is 2. The van der Waals surface area contributed by atoms with Gasteiger partial charge in [0.25, 0.3) is 0 Å². The van der Waals surface area contributed by atoms with Gasteiger partial charge in [0.05, 0.1) is 34.3 Å². The summed E-state index contributed by atoms with van der Waals surface area (Å²) in [5, 5.41) is 20.8. The Hall–Kier alpha value is -1.47. The number of esters is 1. The van der Waals surface area contributed by atoms with E-state index in [4.69, 9.17) is 14.2 Å². The summed E-state index contributed by atoms with van der Waals surface area (Å²) in [5.74, 6) is -0.209. The van der Waals surface area contributed by atoms with Crippen LogP contribution in [0.25, 0.3) is 0 Å². The summed E-state index contributed by atoms with van der Waals surface area (Å²) in [4.78, 5) is 29.9. The molecule has 0 aromatic carbocycles. The number of nitrogens with zero attached hydrogens (tertiary/aromatic N) is 2. The van der Waals surface area contributed by atoms with Gasteiger partial charge < -0.3 is 34.2 Å². The topological polar surface area (TPSA) is 112 Å². The average Bonchev–Trinajstić information content (AvgIpc) is 3.74. The van der Waals surface area contributed by atoms with E-state index in [0.29, 0.717) is 25.9 Å². The van der Waals surface area contributed by atoms with Gasteiger partial charge in [-0.25, -0.2) is 4.79 Å². The highest BCUT2D eigenvalue weighted by Crippen LogP contribution is 2.37. The fourth-order valence-electron chi connectivity index (χ4n) is 5.94. The maximum Gasteiger partial charge on any atom is 0.410 e. The van der Waals surface area contributed by atoms with Gasteiger partial charge in [-0.2, -0.15) is 0 Å². The second-order valence-corrected chi connectivity index (χ2v) is 15.9. The average molecular weight is 731 g/mol. The Balaban J connectivity index is 1.71. The van der Waals surface area contributed by atoms with Crippen molar-refractivity contribution in [1.82, 2.24) is 9.80 Å². The molecule has 10 atom stereocenters. The molecule has 0 unspecified atom stereocenters. The van der Waals surface area contributed by atoms with Crippen LogP contribution in [-0.4, -0.2) is 105 Å². The Bertz CT molecular complexity index is 1040. The van der Waals surface area contributed by atoms with Crippen LogP contribution in [0.1, 0.15) is 73.6 Å². The fourth-order valence-corrected chi connectivity index (χ4v) is 6.58. The third-order valence-corrected chi connectivity index (χ3v) is 10.4. The first-order valence-electron chi connectivity index (χ1n) is 16.3. The standard InChI is InChI=1S/C34H55IN2O7/c1-8-27(39)25(5)32-28(42-32)20-22(2)10-9-11-23(3)31-24(4)12-13-29(43-33(41)37-18-16-36(7)17-19-37)34(6,35)15-14-26(38)21-30(40)44-31/h9-13,22,24-29,31-32,38-39H,8,14-21H2,1-7H3/b10-9+,13-12+,23-11+/t22-,24+,25-,26-,27+,28-,29+,31-,32-,34-/m1/s1. The molecular weight excluding hydrogens is 675 g/mol. The number of aliphatic hydroxyl groups excluding tert-OH is 2. The molecule has 2 N–H and O–H groups in total. The normalized spacial score (nSPS) is 35.6. The predicted octanol–water partition coefficient (Wildman–Crippen LogP) is 5.28. The lowest BCUT2D eigenvalue weighted by molar-refractivity contribution is -0.151. The van der Waals surface area contributed by atoms with E-state index in [1.54, 1.807) is 4.90 Å². The Kier molecular flexibility index (Phi) is 14.2. The quantitative estimate of drug-likeness (QED) is 0.0824. The SMILES string of the molecule is CC[C@H](O)[C@@H](C)[C@H]1O[C@@H]1C[C@H](C)/C=C/C=C(\C)[C@H]1OC(=O)C[C@H](O)CC[C@@](C)(I)[C@@H](OC(=O)N2CCN(C)CC2)/C=C/[C@@H]1C. The maximum absolute atomic E-state index is 13.1. The minimum Gasteiger partial charge on any atom is -0.457 e. The van der Waals surface area contributed by atoms with Crippen molar-refractivity contribution >= 4 is 34.7 Å². The molecule has 3 heterocycles. The van der Waals surface area contributed by atoms with Gasteiger partial charge in [-0.3, -0.25) is 4.79 Å². The molecule has 2 saturated heterocycles. The maximum atomic E-state index is 13.1. The molecule has 2 fully saturated rings. The van der Waals surface area contributed by atoms with Crippen LogP contribution in [0.15, 0.2) is 36.0 Å². The van der Waals surface area contributed by atoms with Gasteiger partial charge in [0.15, 0.2) is 0 Å². The molecule has 10 heteroatoms. The molecule has 250 valence electrons. The minimum absolute atomic E-state index is 0.0841. The van der Waals surface area contributed by atoms with Crippen molar-refractivity contribution in [2.45, 2.75) is 114 Å². The van der Waals surface area contributed by atoms with Crippen molar-refractivity contribution in [2.75, 3.05) is 33.2 Å². The van der Waals surface area contributed by atoms with Gasteiger partial charge in [0.2, 0.25) is 0 Å². The smallest absolute Gasteiger partial charge is 0.410 e. The first-order valence-corrected chi connectivity index (χ1v) is 17.4. The summed E-state index contributed by atoms with van der Waals surface area (Å²) in [6.07, 6.45) is 10.2. The first-order chi connectivity index (χ1) is 20.7. The summed E-state index contributed by atoms with van der Waals surface area (Å²) in [5.41, 5.74) is 0.883. The number of allylic oxidation sites excluding steroid dienone is 3. The molecule has 3 rings (SSSR count). The van der Waals surface area contributed by atoms with E-state index in [-0.39, 0.29) is 48.6 Å². The van der Waals surface area contributed by atoms with E-state index in [1.807, 2.05) is 66.0 Å². The first kappa shape index (κ1) is 37.0. The zero-order chi connectivity index (χ0) is 32.6. The van der Waals surface area contributed by atoms with E-state index in [2.05, 4.69) is 40.5 Å². The number of ether oxygens (including phenoxy) is 3. The minimum atomic E-state index is -0.843. The number of hydrogen-bond donors (Lipinski definition) is 2. The van der Waals surface area contributed by atoms with Gasteiger partial charge in [-0.1, -0.05) is 74.6 Å². The highest BCUT2D eigenvalue weighted by atomic mass is 127. The molecule has 0 aromatic heterocycles. The van der Waals surface area contributed by atoms with Crippen LogP contribution in [0.5, 0.6) is 0 Å². The second kappa shape index (κ2) is 16.9. The van der Waals surface area contributed by atoms with Gasteiger partial charge in [-0.15, -0.1) is 0 Å². The van der Waals surface area contributed by atoms with Crippen LogP contribution in [0, 0.1) is 17.8 Å². The molecular formula is C34H55IN2O7. The highest BCUT2D eigenvalue weighted by molar-refractivity contribution is 14.1. The number of likely N-dealkylation sites (N-methyl/N-ethyl adjacent to an activating group) is 1. The monoisotopic (exact) mass is 730 g/mol. The zero-order valence-electron chi connectivity index (χ0n) is 27.7. The molecule has 0 radical (unpaired) electrons. The summed E-state index contributed by atoms with van der Waals surface area (Å²) >= 11 is 2.32. The van der Waals surface area contributed by atoms with Crippen molar-refractivity contribution in [3.63, 3.8) is 0 Å². The largest absolute Gasteiger partial charge is 0.457 e. The van der Waals surface area contributed by atoms with Gasteiger partial charge in [0, 0.05) is 38.0 Å². The third-order valence-electron chi connectivity index (χ3n) is 9.29. The molecule has 0 aromatic rings. The van der Waals surface area contributed by atoms with E-state index >= 15 is 0 Å².